The zero-order valence-corrected chi connectivity index (χ0v) is 21.4. The number of imidazole rings is 1. The molecule has 3 N–H and O–H groups in total. The molecule has 0 unspecified atom stereocenters. The van der Waals surface area contributed by atoms with Gasteiger partial charge in [0.15, 0.2) is 0 Å². The van der Waals surface area contributed by atoms with Crippen LogP contribution in [0.2, 0.25) is 0 Å². The van der Waals surface area contributed by atoms with E-state index in [0.29, 0.717) is 0 Å². The van der Waals surface area contributed by atoms with E-state index < -0.39 is 0 Å². The highest BCUT2D eigenvalue weighted by Gasteiger charge is 2.17. The molecule has 1 aliphatic carbocycles. The Bertz CT molecular complexity index is 1730. The minimum absolute atomic E-state index is 0.792. The summed E-state index contributed by atoms with van der Waals surface area (Å²) in [7, 11) is 0. The number of aromatic amines is 2. The molecule has 5 heterocycles. The highest BCUT2D eigenvalue weighted by atomic mass is 15.1. The van der Waals surface area contributed by atoms with Crippen LogP contribution in [0.5, 0.6) is 0 Å². The predicted octanol–water partition coefficient (Wildman–Crippen LogP) is 5.94. The van der Waals surface area contributed by atoms with Gasteiger partial charge in [0.2, 0.25) is 0 Å². The monoisotopic (exact) mass is 502 g/mol. The van der Waals surface area contributed by atoms with Crippen LogP contribution >= 0.6 is 0 Å². The van der Waals surface area contributed by atoms with Crippen LogP contribution < -0.4 is 5.32 Å². The van der Waals surface area contributed by atoms with E-state index in [4.69, 9.17) is 4.98 Å². The van der Waals surface area contributed by atoms with E-state index in [9.17, 15) is 0 Å². The van der Waals surface area contributed by atoms with Crippen molar-refractivity contribution in [1.29, 1.82) is 0 Å². The molecule has 6 aromatic rings. The van der Waals surface area contributed by atoms with Crippen LogP contribution in [0.4, 0.5) is 0 Å². The van der Waals surface area contributed by atoms with Gasteiger partial charge in [-0.3, -0.25) is 10.1 Å². The van der Waals surface area contributed by atoms with Gasteiger partial charge >= 0.3 is 0 Å². The molecule has 0 bridgehead atoms. The van der Waals surface area contributed by atoms with Crippen molar-refractivity contribution in [2.24, 2.45) is 5.92 Å². The van der Waals surface area contributed by atoms with Gasteiger partial charge in [-0.25, -0.2) is 9.97 Å². The van der Waals surface area contributed by atoms with Gasteiger partial charge in [-0.15, -0.1) is 0 Å². The Balaban J connectivity index is 1.20. The average molecular weight is 503 g/mol. The van der Waals surface area contributed by atoms with Gasteiger partial charge in [0.1, 0.15) is 11.2 Å². The number of nitrogens with one attached hydrogen (secondary N) is 3. The summed E-state index contributed by atoms with van der Waals surface area (Å²) in [5.41, 5.74) is 9.62. The summed E-state index contributed by atoms with van der Waals surface area (Å²) in [6, 6.07) is 14.9. The maximum absolute atomic E-state index is 5.06. The summed E-state index contributed by atoms with van der Waals surface area (Å²) in [5, 5.41) is 12.5. The van der Waals surface area contributed by atoms with Gasteiger partial charge in [0.05, 0.1) is 52.5 Å². The minimum Gasteiger partial charge on any atom is -0.352 e. The normalized spacial score (nSPS) is 14.2. The number of rotatable bonds is 7. The molecule has 38 heavy (non-hydrogen) atoms. The third-order valence-electron chi connectivity index (χ3n) is 7.64. The van der Waals surface area contributed by atoms with Gasteiger partial charge in [0, 0.05) is 23.7 Å². The van der Waals surface area contributed by atoms with Crippen molar-refractivity contribution in [3.05, 3.63) is 78.6 Å². The number of pyridine rings is 2. The zero-order valence-electron chi connectivity index (χ0n) is 21.4. The van der Waals surface area contributed by atoms with Crippen molar-refractivity contribution < 1.29 is 0 Å². The van der Waals surface area contributed by atoms with Crippen molar-refractivity contribution in [1.82, 2.24) is 40.0 Å². The molecule has 190 valence electrons. The van der Waals surface area contributed by atoms with Crippen LogP contribution in [0.15, 0.2) is 67.4 Å². The maximum Gasteiger partial charge on any atom is 0.135 e. The first-order chi connectivity index (χ1) is 18.7. The smallest absolute Gasteiger partial charge is 0.135 e. The number of H-pyrrole nitrogens is 2. The molecule has 7 rings (SSSR count). The van der Waals surface area contributed by atoms with Gasteiger partial charge in [-0.1, -0.05) is 31.0 Å². The number of hydrogen-bond donors (Lipinski definition) is 3. The Kier molecular flexibility index (Phi) is 5.74. The van der Waals surface area contributed by atoms with E-state index in [0.717, 1.165) is 75.0 Å². The van der Waals surface area contributed by atoms with E-state index in [2.05, 4.69) is 72.9 Å². The molecule has 8 nitrogen and oxygen atoms in total. The van der Waals surface area contributed by atoms with Gasteiger partial charge < -0.3 is 14.9 Å². The number of fused-ring (bicyclic) bond motifs is 2. The highest BCUT2D eigenvalue weighted by molar-refractivity contribution is 5.96. The topological polar surface area (TPSA) is 100 Å². The largest absolute Gasteiger partial charge is 0.352 e. The van der Waals surface area contributed by atoms with Crippen LogP contribution in [-0.4, -0.2) is 41.2 Å². The first-order valence-corrected chi connectivity index (χ1v) is 13.3. The van der Waals surface area contributed by atoms with Gasteiger partial charge in [-0.05, 0) is 62.1 Å². The zero-order chi connectivity index (χ0) is 25.5. The lowest BCUT2D eigenvalue weighted by molar-refractivity contribution is 0.489. The lowest BCUT2D eigenvalue weighted by Crippen LogP contribution is -2.20. The minimum atomic E-state index is 0.792. The molecule has 0 aliphatic heterocycles. The van der Waals surface area contributed by atoms with Crippen LogP contribution in [0.1, 0.15) is 36.9 Å². The Morgan fingerprint density at radius 1 is 1.05 bits per heavy atom. The third-order valence-corrected chi connectivity index (χ3v) is 7.64. The summed E-state index contributed by atoms with van der Waals surface area (Å²) in [6.45, 7) is 3.97. The molecule has 0 saturated heterocycles. The van der Waals surface area contributed by atoms with Crippen LogP contribution in [-0.2, 0) is 6.54 Å². The van der Waals surface area contributed by atoms with Crippen LogP contribution in [0.25, 0.3) is 50.3 Å². The summed E-state index contributed by atoms with van der Waals surface area (Å²) in [4.78, 5) is 17.4. The lowest BCUT2D eigenvalue weighted by atomic mass is 10.1. The van der Waals surface area contributed by atoms with Crippen molar-refractivity contribution in [3.63, 3.8) is 0 Å². The number of aryl methyl sites for hydroxylation is 1. The molecule has 0 spiro atoms. The Labute approximate surface area is 220 Å². The molecular weight excluding hydrogens is 472 g/mol. The Morgan fingerprint density at radius 2 is 1.97 bits per heavy atom. The van der Waals surface area contributed by atoms with E-state index in [1.165, 1.54) is 31.2 Å². The van der Waals surface area contributed by atoms with Crippen molar-refractivity contribution in [2.45, 2.75) is 39.2 Å². The summed E-state index contributed by atoms with van der Waals surface area (Å²) in [6.07, 6.45) is 13.0. The number of aromatic nitrogens is 7. The number of benzene rings is 1. The molecule has 1 aromatic carbocycles. The maximum atomic E-state index is 5.06. The Hall–Kier alpha value is -4.30. The first-order valence-electron chi connectivity index (χ1n) is 13.3. The second-order valence-electron chi connectivity index (χ2n) is 10.4. The number of hydrogen-bond acceptors (Lipinski definition) is 5. The molecule has 1 saturated carbocycles. The molecule has 1 fully saturated rings. The fourth-order valence-corrected chi connectivity index (χ4v) is 5.65. The molecule has 0 amide bonds. The first kappa shape index (κ1) is 22.9. The van der Waals surface area contributed by atoms with Gasteiger partial charge in [-0.2, -0.15) is 5.10 Å². The fourth-order valence-electron chi connectivity index (χ4n) is 5.65. The molecule has 8 heteroatoms. The van der Waals surface area contributed by atoms with E-state index >= 15 is 0 Å². The fraction of sp³-hybridized carbons (Fsp3) is 0.267. The number of nitrogens with zero attached hydrogens (tertiary/aromatic N) is 5. The quantitative estimate of drug-likeness (QED) is 0.251. The summed E-state index contributed by atoms with van der Waals surface area (Å²) < 4.78 is 2.00. The second kappa shape index (κ2) is 9.54. The molecule has 0 atom stereocenters. The van der Waals surface area contributed by atoms with Crippen molar-refractivity contribution in [3.8, 4) is 28.3 Å². The molecule has 1 aliphatic rings. The SMILES string of the molecule is Cc1cn(-c2cncc3[nH]c(-c4n[nH]c5ccc(-c6cccc(CNCC7CCCC7)c6)nc45)cc23)cn1. The predicted molar refractivity (Wildman–Crippen MR) is 150 cm³/mol. The lowest BCUT2D eigenvalue weighted by Gasteiger charge is -2.11. The van der Waals surface area contributed by atoms with E-state index in [1.54, 1.807) is 0 Å². The van der Waals surface area contributed by atoms with E-state index in [-0.39, 0.29) is 0 Å². The molecule has 5 aromatic heterocycles. The van der Waals surface area contributed by atoms with Gasteiger partial charge in [0.25, 0.3) is 0 Å². The highest BCUT2D eigenvalue weighted by Crippen LogP contribution is 2.31. The van der Waals surface area contributed by atoms with E-state index in [1.807, 2.05) is 36.4 Å². The molecular formula is C30H30N8. The van der Waals surface area contributed by atoms with Crippen LogP contribution in [0.3, 0.4) is 0 Å². The standard InChI is InChI=1S/C30H30N8/c1-19-17-38(18-33-19)28-16-32-15-27-23(28)12-26(34-27)30-29-25(36-37-30)10-9-24(35-29)22-8-4-7-21(11-22)14-31-13-20-5-2-3-6-20/h4,7-12,15-18,20,31,34H,2-3,5-6,13-14H2,1H3,(H,36,37). The molecule has 0 radical (unpaired) electrons. The summed E-state index contributed by atoms with van der Waals surface area (Å²) >= 11 is 0. The van der Waals surface area contributed by atoms with Crippen molar-refractivity contribution in [2.75, 3.05) is 6.54 Å². The Morgan fingerprint density at radius 3 is 2.84 bits per heavy atom. The third kappa shape index (κ3) is 4.26. The summed E-state index contributed by atoms with van der Waals surface area (Å²) in [5.74, 6) is 0.835. The average Bonchev–Trinajstić information content (AvgIpc) is 3.74. The van der Waals surface area contributed by atoms with Crippen molar-refractivity contribution >= 4 is 21.9 Å². The second-order valence-corrected chi connectivity index (χ2v) is 10.4. The van der Waals surface area contributed by atoms with Crippen LogP contribution in [0, 0.1) is 12.8 Å².